The Hall–Kier alpha value is -8.68. The van der Waals surface area contributed by atoms with Gasteiger partial charge in [-0.1, -0.05) is 181 Å². The van der Waals surface area contributed by atoms with Crippen molar-refractivity contribution >= 4 is 65.5 Å². The summed E-state index contributed by atoms with van der Waals surface area (Å²) < 4.78 is 7.39. The zero-order chi connectivity index (χ0) is 48.2. The highest BCUT2D eigenvalue weighted by molar-refractivity contribution is 6.13. The van der Waals surface area contributed by atoms with E-state index in [4.69, 9.17) is 19.9 Å². The van der Waals surface area contributed by atoms with E-state index in [1.54, 1.807) is 0 Å². The molecule has 0 unspecified atom stereocenters. The minimum absolute atomic E-state index is 0.0874. The van der Waals surface area contributed by atoms with Gasteiger partial charge in [0, 0.05) is 54.7 Å². The fourth-order valence-corrected chi connectivity index (χ4v) is 10.6. The lowest BCUT2D eigenvalue weighted by Crippen LogP contribution is -2.13. The first-order chi connectivity index (χ1) is 34.5. The molecule has 0 saturated heterocycles. The minimum atomic E-state index is -0.171. The van der Waals surface area contributed by atoms with Crippen LogP contribution in [0.2, 0.25) is 0 Å². The van der Waals surface area contributed by atoms with Crippen molar-refractivity contribution in [3.63, 3.8) is 0 Å². The summed E-state index contributed by atoms with van der Waals surface area (Å²) in [6, 6.07) is 71.6. The second-order valence-electron chi connectivity index (χ2n) is 20.8. The molecular formula is C64H51N7. The van der Waals surface area contributed by atoms with Gasteiger partial charge in [-0.05, 0) is 71.6 Å². The Morgan fingerprint density at radius 2 is 0.704 bits per heavy atom. The third-order valence-electron chi connectivity index (χ3n) is 14.1. The molecule has 7 heteroatoms. The van der Waals surface area contributed by atoms with Crippen LogP contribution in [0.15, 0.2) is 200 Å². The van der Waals surface area contributed by atoms with Crippen LogP contribution >= 0.6 is 0 Å². The van der Waals surface area contributed by atoms with Gasteiger partial charge in [-0.15, -0.1) is 0 Å². The molecule has 13 aromatic rings. The van der Waals surface area contributed by atoms with Gasteiger partial charge in [0.2, 0.25) is 0 Å². The number of rotatable bonds is 6. The summed E-state index contributed by atoms with van der Waals surface area (Å²) in [5.41, 5.74) is 15.1. The third kappa shape index (κ3) is 6.86. The molecule has 71 heavy (non-hydrogen) atoms. The Balaban J connectivity index is 1.27. The smallest absolute Gasteiger partial charge is 0.164 e. The highest BCUT2D eigenvalue weighted by atomic mass is 15.1. The van der Waals surface area contributed by atoms with Crippen LogP contribution in [-0.2, 0) is 10.8 Å². The van der Waals surface area contributed by atoms with Gasteiger partial charge in [0.05, 0.1) is 55.7 Å². The molecule has 5 heterocycles. The highest BCUT2D eigenvalue weighted by Gasteiger charge is 2.29. The molecule has 0 radical (unpaired) electrons. The van der Waals surface area contributed by atoms with Gasteiger partial charge in [0.1, 0.15) is 0 Å². The molecule has 0 saturated carbocycles. The largest absolute Gasteiger partial charge is 0.307 e. The van der Waals surface area contributed by atoms with E-state index in [0.29, 0.717) is 17.5 Å². The number of fused-ring (bicyclic) bond motifs is 9. The average Bonchev–Trinajstić information content (AvgIpc) is 4.03. The van der Waals surface area contributed by atoms with Crippen molar-refractivity contribution in [3.8, 4) is 51.2 Å². The predicted molar refractivity (Wildman–Crippen MR) is 294 cm³/mol. The first kappa shape index (κ1) is 42.4. The lowest BCUT2D eigenvalue weighted by Gasteiger charge is -2.24. The van der Waals surface area contributed by atoms with Gasteiger partial charge >= 0.3 is 0 Å². The Kier molecular flexibility index (Phi) is 9.52. The molecule has 7 nitrogen and oxygen atoms in total. The van der Waals surface area contributed by atoms with Crippen molar-refractivity contribution in [1.29, 1.82) is 0 Å². The maximum atomic E-state index is 5.61. The van der Waals surface area contributed by atoms with E-state index in [0.717, 1.165) is 83.4 Å². The van der Waals surface area contributed by atoms with Gasteiger partial charge < -0.3 is 13.7 Å². The lowest BCUT2D eigenvalue weighted by atomic mass is 9.86. The number of aromatic nitrogens is 7. The zero-order valence-corrected chi connectivity index (χ0v) is 40.7. The molecule has 0 bridgehead atoms. The van der Waals surface area contributed by atoms with Crippen LogP contribution in [0.4, 0.5) is 0 Å². The number of pyridine rings is 1. The Morgan fingerprint density at radius 3 is 1.14 bits per heavy atom. The summed E-state index contributed by atoms with van der Waals surface area (Å²) in [6.07, 6.45) is 0. The van der Waals surface area contributed by atoms with E-state index in [9.17, 15) is 0 Å². The predicted octanol–water partition coefficient (Wildman–Crippen LogP) is 16.2. The molecule has 0 aliphatic carbocycles. The van der Waals surface area contributed by atoms with Crippen LogP contribution in [0.5, 0.6) is 0 Å². The van der Waals surface area contributed by atoms with Crippen LogP contribution in [0.3, 0.4) is 0 Å². The normalized spacial score (nSPS) is 12.4. The van der Waals surface area contributed by atoms with Gasteiger partial charge in [-0.3, -0.25) is 0 Å². The second-order valence-corrected chi connectivity index (χ2v) is 20.8. The zero-order valence-electron chi connectivity index (χ0n) is 40.7. The first-order valence-electron chi connectivity index (χ1n) is 24.5. The monoisotopic (exact) mass is 917 g/mol. The van der Waals surface area contributed by atoms with Gasteiger partial charge in [0.25, 0.3) is 0 Å². The van der Waals surface area contributed by atoms with Gasteiger partial charge in [-0.2, -0.15) is 0 Å². The van der Waals surface area contributed by atoms with Crippen molar-refractivity contribution in [1.82, 2.24) is 33.6 Å². The Labute approximate surface area is 412 Å². The number of nitrogens with zero attached hydrogens (tertiary/aromatic N) is 7. The summed E-state index contributed by atoms with van der Waals surface area (Å²) >= 11 is 0. The molecule has 0 fully saturated rings. The molecule has 342 valence electrons. The van der Waals surface area contributed by atoms with Crippen LogP contribution < -0.4 is 0 Å². The van der Waals surface area contributed by atoms with Crippen molar-refractivity contribution in [2.24, 2.45) is 0 Å². The Bertz CT molecular complexity index is 3870. The quantitative estimate of drug-likeness (QED) is 0.167. The van der Waals surface area contributed by atoms with E-state index in [1.807, 2.05) is 36.4 Å². The van der Waals surface area contributed by atoms with Crippen molar-refractivity contribution in [3.05, 3.63) is 211 Å². The summed E-state index contributed by atoms with van der Waals surface area (Å²) in [5, 5.41) is 5.79. The van der Waals surface area contributed by atoms with Crippen molar-refractivity contribution in [2.45, 2.75) is 52.4 Å². The topological polar surface area (TPSA) is 66.3 Å². The first-order valence-corrected chi connectivity index (χ1v) is 24.5. The average molecular weight is 918 g/mol. The molecule has 0 spiro atoms. The fraction of sp³-hybridized carbons (Fsp3) is 0.125. The maximum absolute atomic E-state index is 5.61. The molecule has 0 amide bonds. The number of benzene rings is 8. The van der Waals surface area contributed by atoms with Crippen LogP contribution in [0.1, 0.15) is 52.8 Å². The molecular weight excluding hydrogens is 867 g/mol. The van der Waals surface area contributed by atoms with Gasteiger partial charge in [-0.25, -0.2) is 19.9 Å². The van der Waals surface area contributed by atoms with Crippen LogP contribution in [-0.4, -0.2) is 33.6 Å². The van der Waals surface area contributed by atoms with E-state index in [-0.39, 0.29) is 10.8 Å². The van der Waals surface area contributed by atoms with Gasteiger partial charge in [0.15, 0.2) is 17.5 Å². The number of hydrogen-bond donors (Lipinski definition) is 0. The summed E-state index contributed by atoms with van der Waals surface area (Å²) in [7, 11) is 0. The second kappa shape index (κ2) is 15.9. The molecule has 13 rings (SSSR count). The van der Waals surface area contributed by atoms with Crippen LogP contribution in [0, 0.1) is 0 Å². The Morgan fingerprint density at radius 1 is 0.310 bits per heavy atom. The van der Waals surface area contributed by atoms with Crippen molar-refractivity contribution in [2.75, 3.05) is 0 Å². The van der Waals surface area contributed by atoms with E-state index < -0.39 is 0 Å². The van der Waals surface area contributed by atoms with Crippen LogP contribution in [0.25, 0.3) is 117 Å². The van der Waals surface area contributed by atoms with E-state index in [2.05, 4.69) is 219 Å². The molecule has 0 aliphatic rings. The third-order valence-corrected chi connectivity index (χ3v) is 14.1. The van der Waals surface area contributed by atoms with E-state index in [1.165, 1.54) is 27.1 Å². The summed E-state index contributed by atoms with van der Waals surface area (Å²) in [6.45, 7) is 13.6. The lowest BCUT2D eigenvalue weighted by molar-refractivity contribution is 0.571. The molecule has 5 aromatic heterocycles. The summed E-state index contributed by atoms with van der Waals surface area (Å²) in [5.74, 6) is 1.78. The SMILES string of the molecule is CC(C)(C)c1ccc2c(c1)c1nc(C(C)(C)C)ccc1n2-c1c(-n2c3ccccc3c3ccccc32)cc(-c2nc(-c3ccccc3)nc(-c3ccccc3)n2)cc1-n1c2ccccc2c2ccccc21. The molecule has 0 atom stereocenters. The minimum Gasteiger partial charge on any atom is -0.307 e. The van der Waals surface area contributed by atoms with Crippen molar-refractivity contribution < 1.29 is 0 Å². The summed E-state index contributed by atoms with van der Waals surface area (Å²) in [4.78, 5) is 21.5. The number of para-hydroxylation sites is 4. The highest BCUT2D eigenvalue weighted by Crippen LogP contribution is 2.45. The standard InChI is InChI=1S/C64H51N7/c1-63(2,3)43-33-34-53-48(39-43)58-54(35-36-57(65-58)64(4,5)6)71(53)59-55(69-49-29-17-13-25-44(49)45-26-14-18-30-50(45)69)37-42(38-56(59)70-51-31-19-15-27-46(51)47-28-16-20-32-52(47)70)62-67-60(40-21-9-7-10-22-40)66-61(68-62)41-23-11-8-12-24-41/h7-39H,1-6H3. The number of hydrogen-bond acceptors (Lipinski definition) is 4. The molecule has 0 aliphatic heterocycles. The fourth-order valence-electron chi connectivity index (χ4n) is 10.6. The van der Waals surface area contributed by atoms with E-state index >= 15 is 0 Å². The maximum Gasteiger partial charge on any atom is 0.164 e. The molecule has 0 N–H and O–H groups in total. The molecule has 8 aromatic carbocycles.